The van der Waals surface area contributed by atoms with Crippen molar-refractivity contribution < 1.29 is 8.78 Å². The topological polar surface area (TPSA) is 27.3 Å². The third-order valence-electron chi connectivity index (χ3n) is 7.75. The molecule has 2 aliphatic carbocycles. The Balaban J connectivity index is 1.12. The monoisotopic (exact) mass is 399 g/mol. The number of likely N-dealkylation sites (tertiary alicyclic amines) is 1. The van der Waals surface area contributed by atoms with Gasteiger partial charge in [0.2, 0.25) is 0 Å². The van der Waals surface area contributed by atoms with Crippen molar-refractivity contribution in [3.63, 3.8) is 0 Å². The lowest BCUT2D eigenvalue weighted by molar-refractivity contribution is 0.0370. The molecule has 0 aromatic heterocycles. The highest BCUT2D eigenvalue weighted by atomic mass is 19.1. The van der Waals surface area contributed by atoms with Gasteiger partial charge in [0.25, 0.3) is 0 Å². The SMILES string of the molecule is CC1(C2CCC(N3CC(NC4C=CC=C(F)C4)C3)CC2)CNc2ccc(F)cc21. The lowest BCUT2D eigenvalue weighted by Crippen LogP contribution is -2.63. The summed E-state index contributed by atoms with van der Waals surface area (Å²) < 4.78 is 27.3. The van der Waals surface area contributed by atoms with Gasteiger partial charge in [-0.05, 0) is 61.4 Å². The fourth-order valence-corrected chi connectivity index (χ4v) is 5.93. The van der Waals surface area contributed by atoms with E-state index in [1.165, 1.54) is 25.7 Å². The molecule has 1 aromatic rings. The van der Waals surface area contributed by atoms with Crippen molar-refractivity contribution in [2.45, 2.75) is 62.6 Å². The molecule has 0 radical (unpaired) electrons. The molecule has 3 nitrogen and oxygen atoms in total. The van der Waals surface area contributed by atoms with E-state index in [0.29, 0.717) is 24.4 Å². The smallest absolute Gasteiger partial charge is 0.123 e. The normalized spacial score (nSPS) is 35.0. The van der Waals surface area contributed by atoms with Gasteiger partial charge >= 0.3 is 0 Å². The molecule has 5 heteroatoms. The van der Waals surface area contributed by atoms with Crippen LogP contribution in [0.15, 0.2) is 42.3 Å². The molecule has 2 N–H and O–H groups in total. The lowest BCUT2D eigenvalue weighted by Gasteiger charge is -2.49. The number of nitrogens with one attached hydrogen (secondary N) is 2. The summed E-state index contributed by atoms with van der Waals surface area (Å²) >= 11 is 0. The van der Waals surface area contributed by atoms with E-state index in [2.05, 4.69) is 28.5 Å². The minimum Gasteiger partial charge on any atom is -0.384 e. The van der Waals surface area contributed by atoms with E-state index in [1.807, 2.05) is 12.1 Å². The number of allylic oxidation sites excluding steroid dienone is 2. The molecule has 5 rings (SSSR count). The highest BCUT2D eigenvalue weighted by molar-refractivity contribution is 5.60. The average Bonchev–Trinajstić information content (AvgIpc) is 3.02. The van der Waals surface area contributed by atoms with Crippen molar-refractivity contribution in [1.82, 2.24) is 10.2 Å². The summed E-state index contributed by atoms with van der Waals surface area (Å²) in [5, 5.41) is 7.08. The Morgan fingerprint density at radius 3 is 2.69 bits per heavy atom. The maximum atomic E-state index is 13.9. The molecule has 156 valence electrons. The van der Waals surface area contributed by atoms with E-state index in [4.69, 9.17) is 0 Å². The molecule has 2 aliphatic heterocycles. The molecule has 2 fully saturated rings. The Morgan fingerprint density at radius 2 is 1.93 bits per heavy atom. The van der Waals surface area contributed by atoms with Crippen LogP contribution >= 0.6 is 0 Å². The second-order valence-electron chi connectivity index (χ2n) is 9.59. The predicted molar refractivity (Wildman–Crippen MR) is 113 cm³/mol. The van der Waals surface area contributed by atoms with Gasteiger partial charge in [0.05, 0.1) is 0 Å². The molecular weight excluding hydrogens is 368 g/mol. The average molecular weight is 400 g/mol. The van der Waals surface area contributed by atoms with Crippen LogP contribution in [0, 0.1) is 11.7 Å². The second-order valence-corrected chi connectivity index (χ2v) is 9.59. The molecule has 0 amide bonds. The van der Waals surface area contributed by atoms with Crippen LogP contribution in [0.4, 0.5) is 14.5 Å². The minimum absolute atomic E-state index is 0.0316. The number of benzene rings is 1. The maximum absolute atomic E-state index is 13.9. The molecule has 2 unspecified atom stereocenters. The molecule has 0 spiro atoms. The van der Waals surface area contributed by atoms with Crippen LogP contribution < -0.4 is 10.6 Å². The van der Waals surface area contributed by atoms with Crippen molar-refractivity contribution in [3.8, 4) is 0 Å². The highest BCUT2D eigenvalue weighted by Crippen LogP contribution is 2.48. The highest BCUT2D eigenvalue weighted by Gasteiger charge is 2.44. The standard InChI is InChI=1S/C24H31F2N3/c1-24(15-27-23-10-7-18(26)12-22(23)24)16-5-8-21(9-6-16)29-13-20(14-29)28-19-4-2-3-17(25)11-19/h2-4,7,10,12,16,19-21,27-28H,5-6,8-9,11,13-15H2,1H3. The van der Waals surface area contributed by atoms with Gasteiger partial charge < -0.3 is 10.6 Å². The summed E-state index contributed by atoms with van der Waals surface area (Å²) in [6, 6.07) is 6.45. The summed E-state index contributed by atoms with van der Waals surface area (Å²) in [6.45, 7) is 5.36. The zero-order valence-corrected chi connectivity index (χ0v) is 17.1. The van der Waals surface area contributed by atoms with Crippen LogP contribution in [0.3, 0.4) is 0 Å². The van der Waals surface area contributed by atoms with E-state index >= 15 is 0 Å². The first-order valence-corrected chi connectivity index (χ1v) is 11.1. The summed E-state index contributed by atoms with van der Waals surface area (Å²) in [5.74, 6) is 0.442. The van der Waals surface area contributed by atoms with Gasteiger partial charge in [-0.15, -0.1) is 0 Å². The van der Waals surface area contributed by atoms with Gasteiger partial charge in [-0.1, -0.05) is 19.1 Å². The van der Waals surface area contributed by atoms with Crippen molar-refractivity contribution in [1.29, 1.82) is 0 Å². The molecule has 2 atom stereocenters. The summed E-state index contributed by atoms with van der Waals surface area (Å²) in [4.78, 5) is 2.59. The van der Waals surface area contributed by atoms with E-state index in [0.717, 1.165) is 30.9 Å². The Morgan fingerprint density at radius 1 is 1.14 bits per heavy atom. The van der Waals surface area contributed by atoms with Crippen LogP contribution in [0.25, 0.3) is 0 Å². The summed E-state index contributed by atoms with van der Waals surface area (Å²) in [5.41, 5.74) is 2.30. The summed E-state index contributed by atoms with van der Waals surface area (Å²) in [7, 11) is 0. The maximum Gasteiger partial charge on any atom is 0.123 e. The molecule has 1 aromatic carbocycles. The van der Waals surface area contributed by atoms with Crippen LogP contribution in [0.1, 0.15) is 44.6 Å². The van der Waals surface area contributed by atoms with E-state index in [9.17, 15) is 8.78 Å². The van der Waals surface area contributed by atoms with Gasteiger partial charge in [0, 0.05) is 55.3 Å². The summed E-state index contributed by atoms with van der Waals surface area (Å²) in [6.07, 6.45) is 10.8. The predicted octanol–water partition coefficient (Wildman–Crippen LogP) is 4.52. The number of nitrogens with zero attached hydrogens (tertiary/aromatic N) is 1. The van der Waals surface area contributed by atoms with Crippen LogP contribution in [-0.4, -0.2) is 42.7 Å². The van der Waals surface area contributed by atoms with Crippen LogP contribution in [0.2, 0.25) is 0 Å². The second kappa shape index (κ2) is 7.51. The van der Waals surface area contributed by atoms with E-state index in [1.54, 1.807) is 18.2 Å². The number of fused-ring (bicyclic) bond motifs is 1. The van der Waals surface area contributed by atoms with Gasteiger partial charge in [-0.3, -0.25) is 4.90 Å². The van der Waals surface area contributed by atoms with Crippen molar-refractivity contribution in [2.24, 2.45) is 5.92 Å². The Labute approximate surface area is 172 Å². The van der Waals surface area contributed by atoms with Crippen LogP contribution in [0.5, 0.6) is 0 Å². The first-order valence-electron chi connectivity index (χ1n) is 11.1. The van der Waals surface area contributed by atoms with E-state index in [-0.39, 0.29) is 23.1 Å². The largest absolute Gasteiger partial charge is 0.384 e. The Kier molecular flexibility index (Phi) is 4.99. The van der Waals surface area contributed by atoms with E-state index < -0.39 is 0 Å². The molecule has 1 saturated carbocycles. The number of hydrogen-bond donors (Lipinski definition) is 2. The first kappa shape index (κ1) is 19.3. The zero-order valence-electron chi connectivity index (χ0n) is 17.1. The zero-order chi connectivity index (χ0) is 20.0. The minimum atomic E-state index is -0.130. The van der Waals surface area contributed by atoms with Crippen molar-refractivity contribution in [2.75, 3.05) is 25.0 Å². The number of rotatable bonds is 4. The van der Waals surface area contributed by atoms with Gasteiger partial charge in [-0.25, -0.2) is 8.78 Å². The lowest BCUT2D eigenvalue weighted by atomic mass is 9.66. The molecule has 0 bridgehead atoms. The molecule has 4 aliphatic rings. The number of hydrogen-bond acceptors (Lipinski definition) is 3. The quantitative estimate of drug-likeness (QED) is 0.779. The fourth-order valence-electron chi connectivity index (χ4n) is 5.93. The third-order valence-corrected chi connectivity index (χ3v) is 7.75. The molecule has 1 saturated heterocycles. The molecule has 29 heavy (non-hydrogen) atoms. The van der Waals surface area contributed by atoms with Crippen molar-refractivity contribution in [3.05, 3.63) is 53.6 Å². The first-order chi connectivity index (χ1) is 14.0. The fraction of sp³-hybridized carbons (Fsp3) is 0.583. The molecular formula is C24H31F2N3. The molecule has 2 heterocycles. The number of halogens is 2. The van der Waals surface area contributed by atoms with Gasteiger partial charge in [0.1, 0.15) is 11.6 Å². The Hall–Kier alpha value is -1.72. The van der Waals surface area contributed by atoms with Gasteiger partial charge in [-0.2, -0.15) is 0 Å². The third kappa shape index (κ3) is 3.64. The van der Waals surface area contributed by atoms with Crippen LogP contribution in [-0.2, 0) is 5.41 Å². The Bertz CT molecular complexity index is 821. The van der Waals surface area contributed by atoms with Crippen molar-refractivity contribution >= 4 is 5.69 Å². The van der Waals surface area contributed by atoms with Gasteiger partial charge in [0.15, 0.2) is 0 Å². The number of anilines is 1.